The SMILES string of the molecule is CC(=O)N1CCN(C(=O)CCNC(=O)NC2CC2)CC1. The van der Waals surface area contributed by atoms with Gasteiger partial charge in [0, 0.05) is 52.1 Å². The predicted molar refractivity (Wildman–Crippen MR) is 73.0 cm³/mol. The predicted octanol–water partition coefficient (Wildman–Crippen LogP) is -0.471. The molecule has 2 fully saturated rings. The summed E-state index contributed by atoms with van der Waals surface area (Å²) < 4.78 is 0. The zero-order chi connectivity index (χ0) is 14.5. The van der Waals surface area contributed by atoms with Crippen molar-refractivity contribution in [2.75, 3.05) is 32.7 Å². The average molecular weight is 282 g/mol. The van der Waals surface area contributed by atoms with E-state index in [0.29, 0.717) is 45.2 Å². The molecule has 1 heterocycles. The lowest BCUT2D eigenvalue weighted by Crippen LogP contribution is -2.50. The maximum absolute atomic E-state index is 11.9. The molecule has 7 nitrogen and oxygen atoms in total. The lowest BCUT2D eigenvalue weighted by Gasteiger charge is -2.34. The summed E-state index contributed by atoms with van der Waals surface area (Å²) >= 11 is 0. The summed E-state index contributed by atoms with van der Waals surface area (Å²) in [6.45, 7) is 4.23. The molecule has 112 valence electrons. The van der Waals surface area contributed by atoms with Crippen LogP contribution in [-0.4, -0.2) is 66.4 Å². The molecular formula is C13H22N4O3. The Hall–Kier alpha value is -1.79. The van der Waals surface area contributed by atoms with Gasteiger partial charge in [-0.1, -0.05) is 0 Å². The van der Waals surface area contributed by atoms with Crippen molar-refractivity contribution in [3.63, 3.8) is 0 Å². The van der Waals surface area contributed by atoms with Crippen LogP contribution in [0.2, 0.25) is 0 Å². The van der Waals surface area contributed by atoms with Gasteiger partial charge in [0.15, 0.2) is 0 Å². The van der Waals surface area contributed by atoms with E-state index in [-0.39, 0.29) is 17.8 Å². The highest BCUT2D eigenvalue weighted by Crippen LogP contribution is 2.18. The zero-order valence-corrected chi connectivity index (χ0v) is 11.9. The van der Waals surface area contributed by atoms with Gasteiger partial charge in [-0.05, 0) is 12.8 Å². The lowest BCUT2D eigenvalue weighted by atomic mass is 10.2. The van der Waals surface area contributed by atoms with Gasteiger partial charge in [-0.15, -0.1) is 0 Å². The van der Waals surface area contributed by atoms with Crippen molar-refractivity contribution in [3.05, 3.63) is 0 Å². The van der Waals surface area contributed by atoms with Crippen LogP contribution in [0.25, 0.3) is 0 Å². The molecule has 7 heteroatoms. The molecule has 0 spiro atoms. The smallest absolute Gasteiger partial charge is 0.315 e. The largest absolute Gasteiger partial charge is 0.339 e. The molecule has 0 aromatic carbocycles. The molecule has 0 radical (unpaired) electrons. The minimum Gasteiger partial charge on any atom is -0.339 e. The van der Waals surface area contributed by atoms with E-state index in [0.717, 1.165) is 12.8 Å². The zero-order valence-electron chi connectivity index (χ0n) is 11.9. The lowest BCUT2D eigenvalue weighted by molar-refractivity contribution is -0.138. The average Bonchev–Trinajstić information content (AvgIpc) is 3.22. The number of carbonyl (C=O) groups is 3. The highest BCUT2D eigenvalue weighted by molar-refractivity contribution is 5.79. The standard InChI is InChI=1S/C13H22N4O3/c1-10(18)16-6-8-17(9-7-16)12(19)4-5-14-13(20)15-11-2-3-11/h11H,2-9H2,1H3,(H2,14,15,20). The van der Waals surface area contributed by atoms with Gasteiger partial charge in [-0.2, -0.15) is 0 Å². The summed E-state index contributed by atoms with van der Waals surface area (Å²) in [5, 5.41) is 5.50. The van der Waals surface area contributed by atoms with Crippen molar-refractivity contribution in [1.29, 1.82) is 0 Å². The van der Waals surface area contributed by atoms with Crippen LogP contribution >= 0.6 is 0 Å². The van der Waals surface area contributed by atoms with Crippen LogP contribution in [-0.2, 0) is 9.59 Å². The van der Waals surface area contributed by atoms with Crippen LogP contribution in [0.4, 0.5) is 4.79 Å². The molecule has 0 unspecified atom stereocenters. The molecule has 2 N–H and O–H groups in total. The van der Waals surface area contributed by atoms with Gasteiger partial charge in [0.2, 0.25) is 11.8 Å². The second-order valence-electron chi connectivity index (χ2n) is 5.31. The van der Waals surface area contributed by atoms with Crippen molar-refractivity contribution >= 4 is 17.8 Å². The highest BCUT2D eigenvalue weighted by Gasteiger charge is 2.24. The van der Waals surface area contributed by atoms with Gasteiger partial charge in [0.05, 0.1) is 0 Å². The van der Waals surface area contributed by atoms with Crippen LogP contribution in [0.15, 0.2) is 0 Å². The molecule has 0 aromatic heterocycles. The number of piperazine rings is 1. The molecule has 1 saturated heterocycles. The van der Waals surface area contributed by atoms with E-state index in [1.165, 1.54) is 0 Å². The summed E-state index contributed by atoms with van der Waals surface area (Å²) in [4.78, 5) is 38.0. The van der Waals surface area contributed by atoms with Crippen LogP contribution in [0.1, 0.15) is 26.2 Å². The fourth-order valence-corrected chi connectivity index (χ4v) is 2.18. The topological polar surface area (TPSA) is 81.8 Å². The molecule has 2 rings (SSSR count). The summed E-state index contributed by atoms with van der Waals surface area (Å²) in [5.41, 5.74) is 0. The van der Waals surface area contributed by atoms with Crippen LogP contribution in [0.3, 0.4) is 0 Å². The van der Waals surface area contributed by atoms with Crippen molar-refractivity contribution in [2.45, 2.75) is 32.2 Å². The molecule has 2 aliphatic rings. The summed E-state index contributed by atoms with van der Waals surface area (Å²) in [6, 6.07) is 0.132. The van der Waals surface area contributed by atoms with Gasteiger partial charge in [-0.3, -0.25) is 9.59 Å². The molecule has 20 heavy (non-hydrogen) atoms. The Kier molecular flexibility index (Phi) is 4.81. The first-order valence-electron chi connectivity index (χ1n) is 7.14. The third-order valence-corrected chi connectivity index (χ3v) is 3.61. The van der Waals surface area contributed by atoms with Gasteiger partial charge in [0.25, 0.3) is 0 Å². The minimum absolute atomic E-state index is 0.0277. The normalized spacial score (nSPS) is 18.6. The number of amides is 4. The van der Waals surface area contributed by atoms with E-state index < -0.39 is 0 Å². The first-order chi connectivity index (χ1) is 9.56. The number of carbonyl (C=O) groups excluding carboxylic acids is 3. The van der Waals surface area contributed by atoms with E-state index in [4.69, 9.17) is 0 Å². The minimum atomic E-state index is -0.193. The molecule has 0 bridgehead atoms. The Balaban J connectivity index is 1.60. The Bertz CT molecular complexity index is 387. The second kappa shape index (κ2) is 6.58. The van der Waals surface area contributed by atoms with E-state index in [1.54, 1.807) is 16.7 Å². The number of nitrogens with zero attached hydrogens (tertiary/aromatic N) is 2. The van der Waals surface area contributed by atoms with E-state index in [2.05, 4.69) is 10.6 Å². The summed E-state index contributed by atoms with van der Waals surface area (Å²) in [6.07, 6.45) is 2.40. The fourth-order valence-electron chi connectivity index (χ4n) is 2.18. The van der Waals surface area contributed by atoms with Crippen molar-refractivity contribution in [2.24, 2.45) is 0 Å². The quantitative estimate of drug-likeness (QED) is 0.731. The van der Waals surface area contributed by atoms with Crippen molar-refractivity contribution in [3.8, 4) is 0 Å². The van der Waals surface area contributed by atoms with Crippen LogP contribution in [0, 0.1) is 0 Å². The third-order valence-electron chi connectivity index (χ3n) is 3.61. The van der Waals surface area contributed by atoms with Gasteiger partial charge in [0.1, 0.15) is 0 Å². The highest BCUT2D eigenvalue weighted by atomic mass is 16.2. The maximum Gasteiger partial charge on any atom is 0.315 e. The van der Waals surface area contributed by atoms with Crippen molar-refractivity contribution < 1.29 is 14.4 Å². The number of nitrogens with one attached hydrogen (secondary N) is 2. The summed E-state index contributed by atoms with van der Waals surface area (Å²) in [7, 11) is 0. The Morgan fingerprint density at radius 2 is 1.65 bits per heavy atom. The van der Waals surface area contributed by atoms with E-state index in [9.17, 15) is 14.4 Å². The Morgan fingerprint density at radius 1 is 1.05 bits per heavy atom. The third kappa shape index (κ3) is 4.40. The molecule has 1 aliphatic heterocycles. The van der Waals surface area contributed by atoms with Crippen molar-refractivity contribution in [1.82, 2.24) is 20.4 Å². The molecule has 0 aromatic rings. The second-order valence-corrected chi connectivity index (χ2v) is 5.31. The van der Waals surface area contributed by atoms with E-state index in [1.807, 2.05) is 0 Å². The van der Waals surface area contributed by atoms with Crippen LogP contribution in [0.5, 0.6) is 0 Å². The molecular weight excluding hydrogens is 260 g/mol. The first-order valence-corrected chi connectivity index (χ1v) is 7.14. The van der Waals surface area contributed by atoms with E-state index >= 15 is 0 Å². The van der Waals surface area contributed by atoms with Crippen LogP contribution < -0.4 is 10.6 Å². The van der Waals surface area contributed by atoms with Gasteiger partial charge < -0.3 is 20.4 Å². The van der Waals surface area contributed by atoms with Gasteiger partial charge >= 0.3 is 6.03 Å². The monoisotopic (exact) mass is 282 g/mol. The number of hydrogen-bond acceptors (Lipinski definition) is 3. The number of urea groups is 1. The first kappa shape index (κ1) is 14.6. The number of hydrogen-bond donors (Lipinski definition) is 2. The van der Waals surface area contributed by atoms with Gasteiger partial charge in [-0.25, -0.2) is 4.79 Å². The molecule has 1 aliphatic carbocycles. The number of rotatable bonds is 4. The maximum atomic E-state index is 11.9. The molecule has 0 atom stereocenters. The Morgan fingerprint density at radius 3 is 2.20 bits per heavy atom. The molecule has 1 saturated carbocycles. The Labute approximate surface area is 118 Å². The molecule has 4 amide bonds. The summed E-state index contributed by atoms with van der Waals surface area (Å²) in [5.74, 6) is 0.0791. The fraction of sp³-hybridized carbons (Fsp3) is 0.769.